The van der Waals surface area contributed by atoms with Crippen LogP contribution in [0.15, 0.2) is 127 Å². The number of hydrogen-bond acceptors (Lipinski definition) is 18. The molecule has 0 radical (unpaired) electrons. The van der Waals surface area contributed by atoms with Crippen LogP contribution in [0.1, 0.15) is 66.8 Å². The zero-order valence-corrected chi connectivity index (χ0v) is 76.7. The maximum Gasteiger partial charge on any atom is 1.00 e. The van der Waals surface area contributed by atoms with Gasteiger partial charge in [0, 0.05) is 0 Å². The molecule has 0 unspecified atom stereocenters. The van der Waals surface area contributed by atoms with E-state index in [1.165, 1.54) is 0 Å². The standard InChI is InChI=1S/C78H75O18PSe.6Na/c1-40-13-58(91-34-67(79)80)14-41(2)73(40)52-25-53(74-42(3)15-59(16-43(74)4)92-35-68(81)82)29-64(28-52)97(98,65-30-54(75-44(5)17-60(18-45(75)6)93-36-69(83)84)26-55(31-65)76-46(7)19-61(20-47(76)8)94-37-70(85)86)66-32-56(77-48(9)21-62(22-49(77)10)95-38-71(87)88)27-57(33-66)78-50(11)23-63(24-51(78)12)96-39-72(89)90;;;;;;/h13-33H,34-39H2,1-12H3,(H,79,80)(H,81,82)(H,83,84)(H,85,86)(H,87,88)(H,89,90);;;;;;/q;6*+1/p-6. The Morgan fingerprint density at radius 1 is 0.240 bits per heavy atom. The van der Waals surface area contributed by atoms with Crippen LogP contribution in [-0.2, 0) is 28.8 Å². The van der Waals surface area contributed by atoms with Crippen molar-refractivity contribution in [3.8, 4) is 101 Å². The summed E-state index contributed by atoms with van der Waals surface area (Å²) in [5.41, 5.74) is 18.2. The maximum atomic E-state index is 11.7. The predicted octanol–water partition coefficient (Wildman–Crippen LogP) is -12.4. The van der Waals surface area contributed by atoms with Gasteiger partial charge in [0.05, 0.1) is 0 Å². The number of hydrogen-bond donors (Lipinski definition) is 0. The van der Waals surface area contributed by atoms with Gasteiger partial charge in [0.25, 0.3) is 0 Å². The summed E-state index contributed by atoms with van der Waals surface area (Å²) in [4.78, 5) is 70.3. The van der Waals surface area contributed by atoms with Crippen LogP contribution in [-0.4, -0.2) is 91.0 Å². The third-order valence-electron chi connectivity index (χ3n) is 16.8. The fraction of sp³-hybridized carbons (Fsp3) is 0.231. The molecule has 26 heteroatoms. The molecular weight excluding hydrogens is 1470 g/mol. The smallest absolute Gasteiger partial charge is 1.00 e. The number of carbonyl (C=O) groups excluding carboxylic acids is 6. The van der Waals surface area contributed by atoms with E-state index in [2.05, 4.69) is 70.2 Å². The molecule has 0 saturated heterocycles. The summed E-state index contributed by atoms with van der Waals surface area (Å²) in [6, 6.07) is 40.3. The van der Waals surface area contributed by atoms with Crippen molar-refractivity contribution in [2.24, 2.45) is 0 Å². The molecule has 506 valence electrons. The van der Waals surface area contributed by atoms with Crippen molar-refractivity contribution in [1.29, 1.82) is 0 Å². The van der Waals surface area contributed by atoms with Gasteiger partial charge in [-0.15, -0.1) is 0 Å². The van der Waals surface area contributed by atoms with Crippen LogP contribution in [0.5, 0.6) is 34.5 Å². The molecular formula is C78H69Na6O18PSe. The monoisotopic (exact) mass is 1540 g/mol. The van der Waals surface area contributed by atoms with Crippen LogP contribution in [0.2, 0.25) is 0 Å². The second-order valence-corrected chi connectivity index (χ2v) is 30.7. The van der Waals surface area contributed by atoms with E-state index in [0.29, 0.717) is 34.5 Å². The van der Waals surface area contributed by atoms with Crippen molar-refractivity contribution < 1.29 is 265 Å². The van der Waals surface area contributed by atoms with Gasteiger partial charge in [-0.25, -0.2) is 0 Å². The van der Waals surface area contributed by atoms with Gasteiger partial charge in [-0.3, -0.25) is 0 Å². The van der Waals surface area contributed by atoms with E-state index in [0.717, 1.165) is 149 Å². The quantitative estimate of drug-likeness (QED) is 0.0341. The fourth-order valence-electron chi connectivity index (χ4n) is 13.3. The van der Waals surface area contributed by atoms with Gasteiger partial charge in [-0.2, -0.15) is 0 Å². The number of carbonyl (C=O) groups is 6. The molecule has 0 aliphatic heterocycles. The topological polar surface area (TPSA) is 296 Å². The molecule has 104 heavy (non-hydrogen) atoms. The fourth-order valence-corrected chi connectivity index (χ4v) is 18.1. The SMILES string of the molecule is Cc1cc(OCC(=O)[O-])cc(C)c1-c1cc(-c2c(C)cc(OCC(=O)[O-])cc2C)cc([P+]([Se-])(c2cc(-c3c(C)cc(OCC(=O)[O-])cc3C)cc(-c3c(C)cc(OCC(=O)[O-])cc3C)c2)c2cc(-c3c(C)cc(OCC(=O)[O-])cc3C)cc(-c3c(C)cc(OCC(=O)[O-])cc3C)c2)c1.[Na+].[Na+].[Na+].[Na+].[Na+].[Na+]. The third-order valence-corrected chi connectivity index (χ3v) is 23.7. The summed E-state index contributed by atoms with van der Waals surface area (Å²) in [6.45, 7) is 18.8. The van der Waals surface area contributed by atoms with E-state index in [-0.39, 0.29) is 177 Å². The van der Waals surface area contributed by atoms with Gasteiger partial charge >= 0.3 is 757 Å². The average Bonchev–Trinajstić information content (AvgIpc) is 0.726. The first-order valence-electron chi connectivity index (χ1n) is 31.0. The van der Waals surface area contributed by atoms with Crippen LogP contribution in [0.4, 0.5) is 0 Å². The Labute approximate surface area is 746 Å². The zero-order chi connectivity index (χ0) is 71.4. The number of rotatable bonds is 27. The molecule has 0 aliphatic rings. The molecule has 0 aliphatic carbocycles. The summed E-state index contributed by atoms with van der Waals surface area (Å²) >= 11 is 3.93. The van der Waals surface area contributed by atoms with Crippen molar-refractivity contribution >= 4 is 73.3 Å². The molecule has 9 aromatic carbocycles. The summed E-state index contributed by atoms with van der Waals surface area (Å²) in [7, 11) is 0. The van der Waals surface area contributed by atoms with Crippen molar-refractivity contribution in [2.45, 2.75) is 83.1 Å². The summed E-state index contributed by atoms with van der Waals surface area (Å²) < 4.78 is 34.2. The van der Waals surface area contributed by atoms with Crippen LogP contribution in [0.25, 0.3) is 66.8 Å². The van der Waals surface area contributed by atoms with E-state index in [1.807, 2.05) is 83.1 Å². The van der Waals surface area contributed by atoms with Crippen LogP contribution >= 0.6 is 5.95 Å². The minimum atomic E-state index is -3.49. The molecule has 0 heterocycles. The van der Waals surface area contributed by atoms with Gasteiger partial charge in [-0.05, 0) is 0 Å². The molecule has 9 rings (SSSR count). The second kappa shape index (κ2) is 40.8. The Balaban J connectivity index is 0.00000468. The van der Waals surface area contributed by atoms with E-state index in [1.54, 1.807) is 72.8 Å². The number of ether oxygens (including phenoxy) is 6. The summed E-state index contributed by atoms with van der Waals surface area (Å²) in [5.74, 6) is -10.0. The molecule has 0 bridgehead atoms. The van der Waals surface area contributed by atoms with Crippen molar-refractivity contribution in [3.05, 3.63) is 194 Å². The Morgan fingerprint density at radius 3 is 0.462 bits per heavy atom. The first-order valence-corrected chi connectivity index (χ1v) is 35.0. The zero-order valence-electron chi connectivity index (χ0n) is 62.1. The van der Waals surface area contributed by atoms with Gasteiger partial charge < -0.3 is 0 Å². The normalized spacial score (nSPS) is 10.6. The van der Waals surface area contributed by atoms with Crippen molar-refractivity contribution in [2.75, 3.05) is 39.6 Å². The van der Waals surface area contributed by atoms with E-state index in [4.69, 9.17) is 28.4 Å². The summed E-state index contributed by atoms with van der Waals surface area (Å²) in [5, 5.41) is 72.6. The molecule has 0 N–H and O–H groups in total. The Bertz CT molecular complexity index is 3870. The van der Waals surface area contributed by atoms with Crippen molar-refractivity contribution in [1.82, 2.24) is 0 Å². The number of benzene rings is 9. The maximum absolute atomic E-state index is 11.7. The number of carboxylic acids is 6. The first kappa shape index (κ1) is 93.8. The third kappa shape index (κ3) is 22.8. The van der Waals surface area contributed by atoms with Gasteiger partial charge in [0.15, 0.2) is 0 Å². The average molecular weight is 1540 g/mol. The predicted molar refractivity (Wildman–Crippen MR) is 363 cm³/mol. The molecule has 0 aromatic heterocycles. The second-order valence-electron chi connectivity index (χ2n) is 24.5. The number of carboxylic acid groups (broad SMARTS) is 6. The Morgan fingerprint density at radius 2 is 0.356 bits per heavy atom. The van der Waals surface area contributed by atoms with E-state index in [9.17, 15) is 59.4 Å². The minimum Gasteiger partial charge on any atom is 1.00 e. The van der Waals surface area contributed by atoms with Gasteiger partial charge in [-0.1, -0.05) is 0 Å². The molecule has 0 fully saturated rings. The largest absolute Gasteiger partial charge is 1.00 e. The molecule has 0 amide bonds. The van der Waals surface area contributed by atoms with E-state index < -0.39 is 81.4 Å². The summed E-state index contributed by atoms with van der Waals surface area (Å²) in [6.07, 6.45) is 0. The number of aryl methyl sites for hydroxylation is 12. The Hall–Kier alpha value is -4.45. The van der Waals surface area contributed by atoms with Gasteiger partial charge in [0.2, 0.25) is 0 Å². The molecule has 0 atom stereocenters. The van der Waals surface area contributed by atoms with Crippen LogP contribution < -0.4 is 252 Å². The molecule has 0 saturated carbocycles. The van der Waals surface area contributed by atoms with Crippen molar-refractivity contribution in [3.63, 3.8) is 0 Å². The first-order chi connectivity index (χ1) is 46.3. The molecule has 18 nitrogen and oxygen atoms in total. The Kier molecular flexibility index (Phi) is 36.8. The minimum absolute atomic E-state index is 0. The van der Waals surface area contributed by atoms with Crippen LogP contribution in [0.3, 0.4) is 0 Å². The van der Waals surface area contributed by atoms with Crippen LogP contribution in [0, 0.1) is 83.1 Å². The van der Waals surface area contributed by atoms with Gasteiger partial charge in [0.1, 0.15) is 0 Å². The number of aliphatic carboxylic acids is 6. The molecule has 9 aromatic rings. The van der Waals surface area contributed by atoms with E-state index >= 15 is 0 Å². The molecule has 0 spiro atoms.